The van der Waals surface area contributed by atoms with E-state index in [0.717, 1.165) is 37.5 Å². The van der Waals surface area contributed by atoms with Crippen molar-refractivity contribution < 1.29 is 19.5 Å². The molecular formula is C31H41N5O5. The van der Waals surface area contributed by atoms with E-state index in [1.807, 2.05) is 18.2 Å². The van der Waals surface area contributed by atoms with Crippen LogP contribution in [0.2, 0.25) is 0 Å². The van der Waals surface area contributed by atoms with Crippen molar-refractivity contribution in [1.29, 1.82) is 0 Å². The second-order valence-electron chi connectivity index (χ2n) is 13.2. The number of carbonyl (C=O) groups excluding carboxylic acids is 1. The van der Waals surface area contributed by atoms with Crippen LogP contribution in [0.25, 0.3) is 11.0 Å². The van der Waals surface area contributed by atoms with Crippen molar-refractivity contribution in [2.75, 3.05) is 0 Å². The highest BCUT2D eigenvalue weighted by Crippen LogP contribution is 2.48. The number of hydrogen-bond donors (Lipinski definition) is 2. The van der Waals surface area contributed by atoms with E-state index in [1.54, 1.807) is 10.6 Å². The van der Waals surface area contributed by atoms with Crippen LogP contribution in [-0.2, 0) is 14.4 Å². The first-order valence-electron chi connectivity index (χ1n) is 15.2. The molecule has 4 aliphatic rings. The number of carboxylic acid groups (broad SMARTS) is 1. The van der Waals surface area contributed by atoms with Gasteiger partial charge < -0.3 is 20.2 Å². The summed E-state index contributed by atoms with van der Waals surface area (Å²) in [5.41, 5.74) is 3.55. The van der Waals surface area contributed by atoms with Crippen LogP contribution >= 0.6 is 0 Å². The average Bonchev–Trinajstić information content (AvgIpc) is 3.08. The van der Waals surface area contributed by atoms with Crippen LogP contribution in [-0.4, -0.2) is 60.9 Å². The molecule has 1 aromatic carbocycles. The van der Waals surface area contributed by atoms with Gasteiger partial charge in [0.05, 0.1) is 11.0 Å². The van der Waals surface area contributed by atoms with E-state index in [4.69, 9.17) is 10.6 Å². The second-order valence-corrected chi connectivity index (χ2v) is 13.2. The number of amides is 1. The molecule has 4 atom stereocenters. The number of hydrogen-bond acceptors (Lipinski definition) is 7. The van der Waals surface area contributed by atoms with Crippen molar-refractivity contribution in [1.82, 2.24) is 14.5 Å². The number of aliphatic carboxylic acids is 1. The van der Waals surface area contributed by atoms with Gasteiger partial charge in [0.25, 0.3) is 11.5 Å². The van der Waals surface area contributed by atoms with Crippen LogP contribution < -0.4 is 11.3 Å². The molecule has 4 bridgehead atoms. The summed E-state index contributed by atoms with van der Waals surface area (Å²) in [5, 5.41) is 13.7. The number of para-hydroxylation sites is 2. The molecule has 0 spiro atoms. The van der Waals surface area contributed by atoms with Gasteiger partial charge in [-0.3, -0.25) is 14.5 Å². The summed E-state index contributed by atoms with van der Waals surface area (Å²) >= 11 is 0. The minimum Gasteiger partial charge on any atom is -0.476 e. The predicted octanol–water partition coefficient (Wildman–Crippen LogP) is 3.99. The van der Waals surface area contributed by atoms with Gasteiger partial charge in [0.1, 0.15) is 0 Å². The smallest absolute Gasteiger partial charge is 0.360 e. The number of rotatable bonds is 7. The van der Waals surface area contributed by atoms with Gasteiger partial charge in [0.15, 0.2) is 5.69 Å². The van der Waals surface area contributed by atoms with Gasteiger partial charge in [-0.15, -0.1) is 0 Å². The van der Waals surface area contributed by atoms with E-state index in [9.17, 15) is 19.5 Å². The van der Waals surface area contributed by atoms with Crippen LogP contribution in [0.5, 0.6) is 0 Å². The molecule has 2 aliphatic carbocycles. The van der Waals surface area contributed by atoms with Crippen molar-refractivity contribution in [3.8, 4) is 0 Å². The van der Waals surface area contributed by atoms with Crippen LogP contribution in [0.15, 0.2) is 34.2 Å². The average molecular weight is 564 g/mol. The fourth-order valence-corrected chi connectivity index (χ4v) is 8.16. The van der Waals surface area contributed by atoms with Crippen LogP contribution in [0.3, 0.4) is 0 Å². The number of fused-ring (bicyclic) bond motifs is 5. The first-order chi connectivity index (χ1) is 19.6. The molecule has 220 valence electrons. The van der Waals surface area contributed by atoms with Gasteiger partial charge >= 0.3 is 5.97 Å². The molecule has 3 N–H and O–H groups in total. The molecule has 4 unspecified atom stereocenters. The molecule has 3 heterocycles. The van der Waals surface area contributed by atoms with Crippen molar-refractivity contribution in [3.05, 3.63) is 40.3 Å². The van der Waals surface area contributed by atoms with E-state index in [-0.39, 0.29) is 11.7 Å². The summed E-state index contributed by atoms with van der Waals surface area (Å²) in [6.07, 6.45) is 13.4. The lowest BCUT2D eigenvalue weighted by atomic mass is 9.76. The quantitative estimate of drug-likeness (QED) is 0.383. The van der Waals surface area contributed by atoms with E-state index in [1.165, 1.54) is 58.8 Å². The Balaban J connectivity index is 1.34. The second kappa shape index (κ2) is 10.9. The van der Waals surface area contributed by atoms with Gasteiger partial charge in [0, 0.05) is 24.2 Å². The zero-order chi connectivity index (χ0) is 28.9. The number of carbonyl (C=O) groups is 2. The molecule has 6 rings (SSSR count). The maximum Gasteiger partial charge on any atom is 0.360 e. The summed E-state index contributed by atoms with van der Waals surface area (Å²) in [7, 11) is 0. The van der Waals surface area contributed by atoms with Gasteiger partial charge in [-0.25, -0.2) is 9.78 Å². The number of oxime groups is 1. The maximum atomic E-state index is 14.1. The van der Waals surface area contributed by atoms with Crippen LogP contribution in [0, 0.1) is 11.8 Å². The largest absolute Gasteiger partial charge is 0.476 e. The molecular weight excluding hydrogens is 522 g/mol. The minimum absolute atomic E-state index is 0.0770. The number of nitrogens with two attached hydrogens (primary N) is 1. The Labute approximate surface area is 239 Å². The molecule has 1 amide bonds. The Morgan fingerprint density at radius 3 is 2.20 bits per heavy atom. The highest BCUT2D eigenvalue weighted by molar-refractivity contribution is 6.41. The lowest BCUT2D eigenvalue weighted by molar-refractivity contribution is -0.140. The third kappa shape index (κ3) is 5.27. The van der Waals surface area contributed by atoms with E-state index >= 15 is 0 Å². The number of nitrogens with zero attached hydrogens (tertiary/aromatic N) is 4. The SMILES string of the molecule is CC(C)(ON=C(C(=O)O)c1nc2ccccc2n(C2CC3CCC(C2)N3C2CC3CCCCC(C3)C2)c1=O)C(N)=O. The third-order valence-electron chi connectivity index (χ3n) is 10.1. The van der Waals surface area contributed by atoms with Crippen molar-refractivity contribution in [3.63, 3.8) is 0 Å². The van der Waals surface area contributed by atoms with Gasteiger partial charge in [-0.1, -0.05) is 43.0 Å². The van der Waals surface area contributed by atoms with Gasteiger partial charge in [-0.2, -0.15) is 0 Å². The Bertz CT molecular complexity index is 1410. The summed E-state index contributed by atoms with van der Waals surface area (Å²) in [4.78, 5) is 50.5. The Morgan fingerprint density at radius 2 is 1.59 bits per heavy atom. The molecule has 2 saturated heterocycles. The Kier molecular flexibility index (Phi) is 7.38. The summed E-state index contributed by atoms with van der Waals surface area (Å²) in [5.74, 6) is -0.578. The minimum atomic E-state index is -1.56. The lowest BCUT2D eigenvalue weighted by Crippen LogP contribution is -2.52. The number of carboxylic acids is 1. The molecule has 41 heavy (non-hydrogen) atoms. The number of benzene rings is 1. The van der Waals surface area contributed by atoms with Crippen molar-refractivity contribution in [2.24, 2.45) is 22.7 Å². The first kappa shape index (κ1) is 27.9. The van der Waals surface area contributed by atoms with Crippen molar-refractivity contribution in [2.45, 2.75) is 114 Å². The lowest BCUT2D eigenvalue weighted by Gasteiger charge is -2.48. The van der Waals surface area contributed by atoms with E-state index < -0.39 is 28.7 Å². The number of piperidine rings is 1. The van der Waals surface area contributed by atoms with Gasteiger partial charge in [0.2, 0.25) is 11.3 Å². The molecule has 2 aromatic rings. The zero-order valence-corrected chi connectivity index (χ0v) is 24.0. The summed E-state index contributed by atoms with van der Waals surface area (Å²) < 4.78 is 1.75. The fraction of sp³-hybridized carbons (Fsp3) is 0.645. The maximum absolute atomic E-state index is 14.1. The molecule has 2 aliphatic heterocycles. The predicted molar refractivity (Wildman–Crippen MR) is 155 cm³/mol. The standard InChI is InChI=1S/C31H41N5O5/c1-31(2,30(32)40)41-34-27(29(38)39)26-28(37)36(25-10-6-5-9-24(25)33-26)23-16-20-11-12-21(17-23)35(20)22-14-18-7-3-4-8-19(13-18)15-22/h5-6,9-10,18-23H,3-4,7-8,11-17H2,1-2H3,(H2,32,40)(H,38,39). The monoisotopic (exact) mass is 563 g/mol. The molecule has 10 heteroatoms. The van der Waals surface area contributed by atoms with Gasteiger partial charge in [-0.05, 0) is 82.8 Å². The normalized spacial score (nSPS) is 30.6. The molecule has 2 saturated carbocycles. The Hall–Kier alpha value is -3.27. The van der Waals surface area contributed by atoms with E-state index in [2.05, 4.69) is 15.0 Å². The highest BCUT2D eigenvalue weighted by atomic mass is 16.7. The topological polar surface area (TPSA) is 140 Å². The van der Waals surface area contributed by atoms with Crippen LogP contribution in [0.1, 0.15) is 96.2 Å². The molecule has 1 aromatic heterocycles. The fourth-order valence-electron chi connectivity index (χ4n) is 8.16. The van der Waals surface area contributed by atoms with Crippen LogP contribution in [0.4, 0.5) is 0 Å². The molecule has 0 radical (unpaired) electrons. The highest BCUT2D eigenvalue weighted by Gasteiger charge is 2.47. The van der Waals surface area contributed by atoms with E-state index in [0.29, 0.717) is 29.2 Å². The van der Waals surface area contributed by atoms with Crippen molar-refractivity contribution >= 4 is 28.6 Å². The number of aromatic nitrogens is 2. The third-order valence-corrected chi connectivity index (χ3v) is 10.1. The zero-order valence-electron chi connectivity index (χ0n) is 24.0. The molecule has 4 fully saturated rings. The Morgan fingerprint density at radius 1 is 0.951 bits per heavy atom. The number of primary amides is 1. The summed E-state index contributed by atoms with van der Waals surface area (Å²) in [6, 6.07) is 8.72. The molecule has 10 nitrogen and oxygen atoms in total. The first-order valence-corrected chi connectivity index (χ1v) is 15.2. The summed E-state index contributed by atoms with van der Waals surface area (Å²) in [6.45, 7) is 2.77.